The Hall–Kier alpha value is -2.80. The minimum Gasteiger partial charge on any atom is -0.460 e. The van der Waals surface area contributed by atoms with Gasteiger partial charge in [-0.05, 0) is 18.9 Å². The minimum absolute atomic E-state index is 0.324. The molecule has 2 aliphatic rings. The Bertz CT molecular complexity index is 939. The van der Waals surface area contributed by atoms with E-state index in [0.29, 0.717) is 17.6 Å². The highest BCUT2D eigenvalue weighted by atomic mass is 32.2. The van der Waals surface area contributed by atoms with Crippen LogP contribution in [-0.2, 0) is 23.8 Å². The maximum atomic E-state index is 12.5. The second-order valence-electron chi connectivity index (χ2n) is 6.11. The molecule has 0 fully saturated rings. The van der Waals surface area contributed by atoms with Gasteiger partial charge in [0.05, 0.1) is 0 Å². The summed E-state index contributed by atoms with van der Waals surface area (Å²) in [4.78, 5) is 12.5. The maximum Gasteiger partial charge on any atom is 0.313 e. The largest absolute Gasteiger partial charge is 0.460 e. The molecule has 136 valence electrons. The Morgan fingerprint density at radius 2 is 2.00 bits per heavy atom. The van der Waals surface area contributed by atoms with E-state index in [-0.39, 0.29) is 11.6 Å². The number of ether oxygens (including phenoxy) is 1. The number of benzene rings is 1. The summed E-state index contributed by atoms with van der Waals surface area (Å²) in [7, 11) is -4.05. The summed E-state index contributed by atoms with van der Waals surface area (Å²) in [5.41, 5.74) is 7.97. The number of rotatable bonds is 5. The molecule has 26 heavy (non-hydrogen) atoms. The molecule has 1 aliphatic carbocycles. The lowest BCUT2D eigenvalue weighted by Gasteiger charge is -2.09. The number of Topliss-reactive ketones (excluding diaryl/α,β-unsaturated/α-hetero) is 1. The predicted octanol–water partition coefficient (Wildman–Crippen LogP) is 2.63. The third-order valence-corrected chi connectivity index (χ3v) is 5.07. The molecule has 0 amide bonds. The van der Waals surface area contributed by atoms with Crippen LogP contribution in [-0.4, -0.2) is 20.0 Å². The Labute approximate surface area is 152 Å². The smallest absolute Gasteiger partial charge is 0.313 e. The molecule has 1 aromatic rings. The van der Waals surface area contributed by atoms with Crippen LogP contribution in [0.1, 0.15) is 25.0 Å². The van der Waals surface area contributed by atoms with E-state index in [9.17, 15) is 13.2 Å². The topological polar surface area (TPSA) is 95.7 Å². The molecule has 1 aromatic carbocycles. The van der Waals surface area contributed by atoms with E-state index in [1.807, 2.05) is 19.1 Å². The fraction of sp³-hybridized carbons (Fsp3) is 0.211. The van der Waals surface area contributed by atoms with Gasteiger partial charge in [0.25, 0.3) is 0 Å². The number of hydrogen-bond acceptors (Lipinski definition) is 6. The van der Waals surface area contributed by atoms with Crippen LogP contribution in [0.4, 0.5) is 0 Å². The highest BCUT2D eigenvalue weighted by molar-refractivity contribution is 7.87. The lowest BCUT2D eigenvalue weighted by molar-refractivity contribution is -0.123. The van der Waals surface area contributed by atoms with Crippen molar-refractivity contribution in [2.24, 2.45) is 5.73 Å². The van der Waals surface area contributed by atoms with Gasteiger partial charge in [0.2, 0.25) is 17.4 Å². The molecule has 6 nitrogen and oxygen atoms in total. The van der Waals surface area contributed by atoms with Gasteiger partial charge in [0, 0.05) is 5.56 Å². The van der Waals surface area contributed by atoms with Crippen molar-refractivity contribution in [3.63, 3.8) is 0 Å². The quantitative estimate of drug-likeness (QED) is 0.797. The van der Waals surface area contributed by atoms with E-state index in [1.54, 1.807) is 42.5 Å². The van der Waals surface area contributed by atoms with Gasteiger partial charge in [0.15, 0.2) is 6.10 Å². The molecule has 0 aromatic heterocycles. The van der Waals surface area contributed by atoms with Gasteiger partial charge in [-0.25, -0.2) is 0 Å². The lowest BCUT2D eigenvalue weighted by Crippen LogP contribution is -2.17. The Kier molecular flexibility index (Phi) is 4.99. The summed E-state index contributed by atoms with van der Waals surface area (Å²) in [6, 6.07) is 8.69. The molecular weight excluding hydrogens is 354 g/mol. The zero-order valence-electron chi connectivity index (χ0n) is 14.2. The molecule has 1 unspecified atom stereocenters. The highest BCUT2D eigenvalue weighted by Crippen LogP contribution is 2.32. The Balaban J connectivity index is 1.73. The van der Waals surface area contributed by atoms with E-state index in [2.05, 4.69) is 0 Å². The van der Waals surface area contributed by atoms with E-state index >= 15 is 0 Å². The molecule has 0 bridgehead atoms. The van der Waals surface area contributed by atoms with Gasteiger partial charge < -0.3 is 14.7 Å². The van der Waals surface area contributed by atoms with Crippen LogP contribution in [0.2, 0.25) is 0 Å². The maximum absolute atomic E-state index is 12.5. The standard InChI is InChI=1S/C19H19NO5S/c1-13-6-5-7-14(11-10-13)12-26(22,23)25-18-16(21)17(24-19(18)20)15-8-3-2-4-9-15/h2-9,11,17H,10,12,20H2,1H3. The Morgan fingerprint density at radius 1 is 1.27 bits per heavy atom. The molecule has 1 aliphatic heterocycles. The third kappa shape index (κ3) is 4.05. The number of nitrogens with two attached hydrogens (primary N) is 1. The van der Waals surface area contributed by atoms with E-state index in [4.69, 9.17) is 14.7 Å². The summed E-state index contributed by atoms with van der Waals surface area (Å²) in [6.45, 7) is 1.96. The molecule has 2 N–H and O–H groups in total. The molecule has 7 heteroatoms. The lowest BCUT2D eigenvalue weighted by atomic mass is 10.1. The number of carbonyl (C=O) groups is 1. The summed E-state index contributed by atoms with van der Waals surface area (Å²) < 4.78 is 35.1. The molecule has 0 saturated carbocycles. The van der Waals surface area contributed by atoms with Crippen LogP contribution < -0.4 is 5.73 Å². The monoisotopic (exact) mass is 373 g/mol. The van der Waals surface area contributed by atoms with Crippen molar-refractivity contribution in [2.45, 2.75) is 19.4 Å². The number of carbonyl (C=O) groups excluding carboxylic acids is 1. The number of ketones is 1. The first-order chi connectivity index (χ1) is 12.4. The second kappa shape index (κ2) is 7.21. The van der Waals surface area contributed by atoms with Crippen molar-refractivity contribution in [1.82, 2.24) is 0 Å². The molecule has 0 saturated heterocycles. The average Bonchev–Trinajstić information content (AvgIpc) is 2.75. The average molecular weight is 373 g/mol. The van der Waals surface area contributed by atoms with E-state index < -0.39 is 27.8 Å². The van der Waals surface area contributed by atoms with Crippen molar-refractivity contribution in [2.75, 3.05) is 5.75 Å². The third-order valence-electron chi connectivity index (χ3n) is 3.96. The zero-order valence-corrected chi connectivity index (χ0v) is 15.0. The summed E-state index contributed by atoms with van der Waals surface area (Å²) in [5, 5.41) is 0. The van der Waals surface area contributed by atoms with Crippen LogP contribution in [0, 0.1) is 0 Å². The zero-order chi connectivity index (χ0) is 18.7. The summed E-state index contributed by atoms with van der Waals surface area (Å²) in [5.74, 6) is -1.76. The molecule has 1 heterocycles. The molecule has 0 spiro atoms. The van der Waals surface area contributed by atoms with Gasteiger partial charge in [-0.1, -0.05) is 60.2 Å². The second-order valence-corrected chi connectivity index (χ2v) is 7.68. The molecular formula is C19H19NO5S. The fourth-order valence-corrected chi connectivity index (χ4v) is 3.74. The van der Waals surface area contributed by atoms with Crippen molar-refractivity contribution >= 4 is 15.9 Å². The van der Waals surface area contributed by atoms with Gasteiger partial charge >= 0.3 is 10.1 Å². The molecule has 0 radical (unpaired) electrons. The minimum atomic E-state index is -4.05. The normalized spacial score (nSPS) is 20.3. The molecule has 1 atom stereocenters. The SMILES string of the molecule is CC1=CC=CC(CS(=O)(=O)OC2=C(N)OC(c3ccccc3)C2=O)=CC1. The predicted molar refractivity (Wildman–Crippen MR) is 97.0 cm³/mol. The van der Waals surface area contributed by atoms with Gasteiger partial charge in [-0.2, -0.15) is 8.42 Å². The van der Waals surface area contributed by atoms with Gasteiger partial charge in [0.1, 0.15) is 5.75 Å². The van der Waals surface area contributed by atoms with Crippen LogP contribution >= 0.6 is 0 Å². The van der Waals surface area contributed by atoms with E-state index in [0.717, 1.165) is 5.57 Å². The van der Waals surface area contributed by atoms with Crippen molar-refractivity contribution in [3.8, 4) is 0 Å². The van der Waals surface area contributed by atoms with Gasteiger partial charge in [-0.3, -0.25) is 4.79 Å². The summed E-state index contributed by atoms with van der Waals surface area (Å²) in [6.07, 6.45) is 6.87. The first-order valence-corrected chi connectivity index (χ1v) is 9.64. The highest BCUT2D eigenvalue weighted by Gasteiger charge is 2.39. The van der Waals surface area contributed by atoms with Crippen molar-refractivity contribution < 1.29 is 22.1 Å². The number of hydrogen-bond donors (Lipinski definition) is 1. The van der Waals surface area contributed by atoms with Crippen LogP contribution in [0.15, 0.2) is 77.4 Å². The van der Waals surface area contributed by atoms with Crippen molar-refractivity contribution in [3.05, 3.63) is 83.0 Å². The summed E-state index contributed by atoms with van der Waals surface area (Å²) >= 11 is 0. The first-order valence-electron chi connectivity index (χ1n) is 8.06. The number of allylic oxidation sites excluding steroid dienone is 5. The first kappa shape index (κ1) is 18.0. The van der Waals surface area contributed by atoms with Crippen LogP contribution in [0.3, 0.4) is 0 Å². The van der Waals surface area contributed by atoms with E-state index in [1.165, 1.54) is 0 Å². The van der Waals surface area contributed by atoms with Crippen LogP contribution in [0.25, 0.3) is 0 Å². The Morgan fingerprint density at radius 3 is 2.73 bits per heavy atom. The van der Waals surface area contributed by atoms with Gasteiger partial charge in [-0.15, -0.1) is 0 Å². The molecule has 3 rings (SSSR count). The fourth-order valence-electron chi connectivity index (χ4n) is 2.64. The van der Waals surface area contributed by atoms with Crippen molar-refractivity contribution in [1.29, 1.82) is 0 Å². The van der Waals surface area contributed by atoms with Crippen LogP contribution in [0.5, 0.6) is 0 Å².